The topological polar surface area (TPSA) is 57.6 Å². The number of aliphatic carboxylic acids is 1. The Kier molecular flexibility index (Phi) is 3.88. The lowest BCUT2D eigenvalue weighted by atomic mass is 9.82. The molecule has 2 fully saturated rings. The minimum atomic E-state index is -0.735. The fourth-order valence-electron chi connectivity index (χ4n) is 3.76. The van der Waals surface area contributed by atoms with Crippen LogP contribution in [0.4, 0.5) is 0 Å². The summed E-state index contributed by atoms with van der Waals surface area (Å²) in [5.41, 5.74) is -0.930. The average Bonchev–Trinajstić information content (AvgIpc) is 2.97. The molecule has 1 saturated carbocycles. The van der Waals surface area contributed by atoms with Crippen molar-refractivity contribution in [3.05, 3.63) is 0 Å². The number of carboxylic acid groups (broad SMARTS) is 1. The van der Waals surface area contributed by atoms with Crippen LogP contribution in [0.15, 0.2) is 0 Å². The second-order valence-electron chi connectivity index (χ2n) is 6.58. The Morgan fingerprint density at radius 3 is 2.37 bits per heavy atom. The smallest absolute Gasteiger partial charge is 0.311 e. The summed E-state index contributed by atoms with van der Waals surface area (Å²) in [5, 5.41) is 9.49. The first-order valence-corrected chi connectivity index (χ1v) is 7.46. The van der Waals surface area contributed by atoms with E-state index in [1.165, 1.54) is 0 Å². The van der Waals surface area contributed by atoms with Gasteiger partial charge in [-0.2, -0.15) is 0 Å². The van der Waals surface area contributed by atoms with Crippen molar-refractivity contribution in [1.82, 2.24) is 4.90 Å². The van der Waals surface area contributed by atoms with Crippen LogP contribution in [0.25, 0.3) is 0 Å². The van der Waals surface area contributed by atoms with E-state index >= 15 is 0 Å². The van der Waals surface area contributed by atoms with Crippen LogP contribution < -0.4 is 0 Å². The lowest BCUT2D eigenvalue weighted by molar-refractivity contribution is -0.149. The molecule has 1 atom stereocenters. The van der Waals surface area contributed by atoms with E-state index < -0.39 is 11.4 Å². The summed E-state index contributed by atoms with van der Waals surface area (Å²) >= 11 is 0. The molecule has 19 heavy (non-hydrogen) atoms. The first-order chi connectivity index (χ1) is 8.93. The molecule has 1 heterocycles. The third-order valence-corrected chi connectivity index (χ3v) is 5.05. The SMILES string of the molecule is CCCC1(C(=O)O)CCN(C(=O)C2(C)CCCC2)C1. The highest BCUT2D eigenvalue weighted by molar-refractivity contribution is 5.85. The van der Waals surface area contributed by atoms with Gasteiger partial charge in [-0.1, -0.05) is 33.1 Å². The van der Waals surface area contributed by atoms with Gasteiger partial charge in [0.15, 0.2) is 0 Å². The molecule has 0 aromatic heterocycles. The van der Waals surface area contributed by atoms with E-state index in [1.54, 1.807) is 0 Å². The number of carboxylic acids is 1. The molecule has 4 nitrogen and oxygen atoms in total. The van der Waals surface area contributed by atoms with E-state index in [2.05, 4.69) is 0 Å². The molecule has 2 rings (SSSR count). The van der Waals surface area contributed by atoms with Gasteiger partial charge in [-0.3, -0.25) is 9.59 Å². The van der Waals surface area contributed by atoms with Gasteiger partial charge in [0.2, 0.25) is 5.91 Å². The van der Waals surface area contributed by atoms with E-state index in [0.717, 1.165) is 32.1 Å². The third kappa shape index (κ3) is 2.49. The van der Waals surface area contributed by atoms with Gasteiger partial charge in [-0.15, -0.1) is 0 Å². The molecule has 108 valence electrons. The van der Waals surface area contributed by atoms with Crippen molar-refractivity contribution >= 4 is 11.9 Å². The van der Waals surface area contributed by atoms with Crippen LogP contribution in [0, 0.1) is 10.8 Å². The van der Waals surface area contributed by atoms with Crippen LogP contribution in [0.2, 0.25) is 0 Å². The van der Waals surface area contributed by atoms with E-state index in [9.17, 15) is 14.7 Å². The molecule has 1 N–H and O–H groups in total. The summed E-state index contributed by atoms with van der Waals surface area (Å²) in [4.78, 5) is 26.0. The highest BCUT2D eigenvalue weighted by Gasteiger charge is 2.48. The monoisotopic (exact) mass is 267 g/mol. The maximum absolute atomic E-state index is 12.6. The second kappa shape index (κ2) is 5.14. The van der Waals surface area contributed by atoms with E-state index in [1.807, 2.05) is 18.7 Å². The Balaban J connectivity index is 2.08. The first kappa shape index (κ1) is 14.4. The van der Waals surface area contributed by atoms with Gasteiger partial charge in [0.1, 0.15) is 0 Å². The first-order valence-electron chi connectivity index (χ1n) is 7.46. The highest BCUT2D eigenvalue weighted by Crippen LogP contribution is 2.42. The highest BCUT2D eigenvalue weighted by atomic mass is 16.4. The van der Waals surface area contributed by atoms with Crippen LogP contribution in [0.1, 0.15) is 58.8 Å². The second-order valence-corrected chi connectivity index (χ2v) is 6.58. The van der Waals surface area contributed by atoms with E-state index in [4.69, 9.17) is 0 Å². The van der Waals surface area contributed by atoms with Crippen LogP contribution >= 0.6 is 0 Å². The number of hydrogen-bond donors (Lipinski definition) is 1. The maximum Gasteiger partial charge on any atom is 0.311 e. The van der Waals surface area contributed by atoms with Gasteiger partial charge in [-0.25, -0.2) is 0 Å². The zero-order valence-electron chi connectivity index (χ0n) is 12.1. The Morgan fingerprint density at radius 2 is 1.84 bits per heavy atom. The standard InChI is InChI=1S/C15H25NO3/c1-3-6-15(13(18)19)9-10-16(11-15)12(17)14(2)7-4-5-8-14/h3-11H2,1-2H3,(H,18,19). The van der Waals surface area contributed by atoms with Crippen molar-refractivity contribution in [2.75, 3.05) is 13.1 Å². The summed E-state index contributed by atoms with van der Waals surface area (Å²) in [7, 11) is 0. The van der Waals surface area contributed by atoms with Crippen molar-refractivity contribution in [2.45, 2.75) is 58.8 Å². The molecule has 1 saturated heterocycles. The maximum atomic E-state index is 12.6. The number of amides is 1. The van der Waals surface area contributed by atoms with Crippen LogP contribution in [-0.4, -0.2) is 35.0 Å². The van der Waals surface area contributed by atoms with Crippen molar-refractivity contribution in [3.63, 3.8) is 0 Å². The molecule has 4 heteroatoms. The summed E-state index contributed by atoms with van der Waals surface area (Å²) in [6, 6.07) is 0. The molecule has 1 aliphatic heterocycles. The fourth-order valence-corrected chi connectivity index (χ4v) is 3.76. The van der Waals surface area contributed by atoms with Crippen molar-refractivity contribution in [2.24, 2.45) is 10.8 Å². The Hall–Kier alpha value is -1.06. The number of rotatable bonds is 4. The van der Waals surface area contributed by atoms with Gasteiger partial charge in [0.05, 0.1) is 5.41 Å². The third-order valence-electron chi connectivity index (χ3n) is 5.05. The van der Waals surface area contributed by atoms with Gasteiger partial charge in [0, 0.05) is 18.5 Å². The summed E-state index contributed by atoms with van der Waals surface area (Å²) < 4.78 is 0. The summed E-state index contributed by atoms with van der Waals surface area (Å²) in [6.45, 7) is 5.07. The van der Waals surface area contributed by atoms with Crippen LogP contribution in [0.5, 0.6) is 0 Å². The lowest BCUT2D eigenvalue weighted by Crippen LogP contribution is -2.42. The Bertz CT molecular complexity index is 374. The number of hydrogen-bond acceptors (Lipinski definition) is 2. The molecule has 0 spiro atoms. The normalized spacial score (nSPS) is 29.7. The van der Waals surface area contributed by atoms with Crippen molar-refractivity contribution in [3.8, 4) is 0 Å². The minimum Gasteiger partial charge on any atom is -0.481 e. The van der Waals surface area contributed by atoms with Gasteiger partial charge >= 0.3 is 5.97 Å². The number of nitrogens with zero attached hydrogens (tertiary/aromatic N) is 1. The predicted molar refractivity (Wildman–Crippen MR) is 72.7 cm³/mol. The molecular weight excluding hydrogens is 242 g/mol. The van der Waals surface area contributed by atoms with Gasteiger partial charge in [-0.05, 0) is 25.7 Å². The molecule has 0 aromatic rings. The quantitative estimate of drug-likeness (QED) is 0.852. The average molecular weight is 267 g/mol. The molecule has 0 aromatic carbocycles. The van der Waals surface area contributed by atoms with E-state index in [-0.39, 0.29) is 11.3 Å². The number of likely N-dealkylation sites (tertiary alicyclic amines) is 1. The predicted octanol–water partition coefficient (Wildman–Crippen LogP) is 2.67. The summed E-state index contributed by atoms with van der Waals surface area (Å²) in [6.07, 6.45) is 6.28. The molecular formula is C15H25NO3. The minimum absolute atomic E-state index is 0.184. The molecule has 1 unspecified atom stereocenters. The van der Waals surface area contributed by atoms with Crippen LogP contribution in [-0.2, 0) is 9.59 Å². The molecule has 1 aliphatic carbocycles. The molecule has 2 aliphatic rings. The lowest BCUT2D eigenvalue weighted by Gasteiger charge is -2.30. The Morgan fingerprint density at radius 1 is 1.21 bits per heavy atom. The number of carbonyl (C=O) groups excluding carboxylic acids is 1. The van der Waals surface area contributed by atoms with Crippen LogP contribution in [0.3, 0.4) is 0 Å². The largest absolute Gasteiger partial charge is 0.481 e. The molecule has 0 bridgehead atoms. The van der Waals surface area contributed by atoms with Gasteiger partial charge < -0.3 is 10.0 Å². The van der Waals surface area contributed by atoms with Crippen molar-refractivity contribution < 1.29 is 14.7 Å². The molecule has 0 radical (unpaired) electrons. The van der Waals surface area contributed by atoms with Gasteiger partial charge in [0.25, 0.3) is 0 Å². The van der Waals surface area contributed by atoms with Crippen molar-refractivity contribution in [1.29, 1.82) is 0 Å². The zero-order chi connectivity index (χ0) is 14.1. The van der Waals surface area contributed by atoms with E-state index in [0.29, 0.717) is 25.9 Å². The molecule has 1 amide bonds. The number of carbonyl (C=O) groups is 2. The zero-order valence-corrected chi connectivity index (χ0v) is 12.1. The Labute approximate surface area is 115 Å². The summed E-state index contributed by atoms with van der Waals surface area (Å²) in [5.74, 6) is -0.551. The fraction of sp³-hybridized carbons (Fsp3) is 0.867.